The van der Waals surface area contributed by atoms with Crippen LogP contribution in [0, 0.1) is 0 Å². The monoisotopic (exact) mass is 474 g/mol. The highest BCUT2D eigenvalue weighted by Gasteiger charge is 2.10. The minimum absolute atomic E-state index is 0.147. The Labute approximate surface area is 210 Å². The first-order chi connectivity index (χ1) is 17.7. The number of nitrogens with zero attached hydrogens (tertiary/aromatic N) is 3. The lowest BCUT2D eigenvalue weighted by Gasteiger charge is -2.12. The van der Waals surface area contributed by atoms with E-state index in [1.165, 1.54) is 5.56 Å². The Hall–Kier alpha value is -4.71. The molecule has 5 rings (SSSR count). The summed E-state index contributed by atoms with van der Waals surface area (Å²) in [6.45, 7) is 1.55. The summed E-state index contributed by atoms with van der Waals surface area (Å²) in [6, 6.07) is 29.5. The summed E-state index contributed by atoms with van der Waals surface area (Å²) in [5.74, 6) is 0.494. The molecule has 0 aliphatic carbocycles. The third-order valence-corrected chi connectivity index (χ3v) is 5.85. The van der Waals surface area contributed by atoms with E-state index < -0.39 is 0 Å². The molecule has 0 aliphatic rings. The van der Waals surface area contributed by atoms with Crippen molar-refractivity contribution >= 4 is 5.91 Å². The van der Waals surface area contributed by atoms with Crippen LogP contribution in [-0.2, 0) is 19.7 Å². The lowest BCUT2D eigenvalue weighted by molar-refractivity contribution is 0.0950. The van der Waals surface area contributed by atoms with Gasteiger partial charge in [0.2, 0.25) is 0 Å². The number of ether oxygens (including phenoxy) is 1. The molecule has 0 fully saturated rings. The van der Waals surface area contributed by atoms with E-state index in [0.717, 1.165) is 28.8 Å². The summed E-state index contributed by atoms with van der Waals surface area (Å²) in [5.41, 5.74) is 5.96. The molecule has 178 valence electrons. The average Bonchev–Trinajstić information content (AvgIpc) is 3.45. The summed E-state index contributed by atoms with van der Waals surface area (Å²) in [4.78, 5) is 17.0. The Bertz CT molecular complexity index is 1420. The topological polar surface area (TPSA) is 69.0 Å². The van der Waals surface area contributed by atoms with E-state index in [-0.39, 0.29) is 5.91 Å². The van der Waals surface area contributed by atoms with Gasteiger partial charge in [-0.2, -0.15) is 5.10 Å². The Kier molecular flexibility index (Phi) is 7.14. The SMILES string of the molecule is O=C(NCc1ccccc1-c1ccc(Cn2cccn2)cc1)c1cccc(OCc2cccnc2)c1. The smallest absolute Gasteiger partial charge is 0.251 e. The molecular weight excluding hydrogens is 448 g/mol. The van der Waals surface area contributed by atoms with Crippen molar-refractivity contribution in [1.29, 1.82) is 0 Å². The van der Waals surface area contributed by atoms with Gasteiger partial charge in [-0.15, -0.1) is 0 Å². The first-order valence-corrected chi connectivity index (χ1v) is 11.8. The van der Waals surface area contributed by atoms with Crippen LogP contribution >= 0.6 is 0 Å². The van der Waals surface area contributed by atoms with Crippen molar-refractivity contribution < 1.29 is 9.53 Å². The molecule has 0 saturated heterocycles. The van der Waals surface area contributed by atoms with Gasteiger partial charge in [0.1, 0.15) is 12.4 Å². The normalized spacial score (nSPS) is 10.7. The molecule has 1 amide bonds. The lowest BCUT2D eigenvalue weighted by atomic mass is 9.98. The third kappa shape index (κ3) is 5.85. The van der Waals surface area contributed by atoms with Crippen molar-refractivity contribution in [2.24, 2.45) is 0 Å². The van der Waals surface area contributed by atoms with Crippen molar-refractivity contribution in [3.63, 3.8) is 0 Å². The number of rotatable bonds is 9. The molecule has 0 radical (unpaired) electrons. The van der Waals surface area contributed by atoms with Crippen LogP contribution in [0.4, 0.5) is 0 Å². The number of pyridine rings is 1. The van der Waals surface area contributed by atoms with Crippen LogP contribution in [0.15, 0.2) is 116 Å². The fraction of sp³-hybridized carbons (Fsp3) is 0.100. The second-order valence-corrected chi connectivity index (χ2v) is 8.42. The Morgan fingerprint density at radius 1 is 0.861 bits per heavy atom. The maximum atomic E-state index is 12.9. The number of nitrogens with one attached hydrogen (secondary N) is 1. The molecule has 1 N–H and O–H groups in total. The van der Waals surface area contributed by atoms with Crippen molar-refractivity contribution in [1.82, 2.24) is 20.1 Å². The van der Waals surface area contributed by atoms with Gasteiger partial charge in [0.15, 0.2) is 0 Å². The Balaban J connectivity index is 1.23. The zero-order valence-corrected chi connectivity index (χ0v) is 19.7. The van der Waals surface area contributed by atoms with Gasteiger partial charge in [0.25, 0.3) is 5.91 Å². The number of benzene rings is 3. The third-order valence-electron chi connectivity index (χ3n) is 5.85. The quantitative estimate of drug-likeness (QED) is 0.306. The highest BCUT2D eigenvalue weighted by Crippen LogP contribution is 2.24. The zero-order valence-electron chi connectivity index (χ0n) is 19.7. The van der Waals surface area contributed by atoms with E-state index in [0.29, 0.717) is 24.5 Å². The first-order valence-electron chi connectivity index (χ1n) is 11.8. The van der Waals surface area contributed by atoms with Crippen LogP contribution in [0.1, 0.15) is 27.0 Å². The average molecular weight is 475 g/mol. The molecule has 3 aromatic carbocycles. The van der Waals surface area contributed by atoms with Crippen LogP contribution < -0.4 is 10.1 Å². The van der Waals surface area contributed by atoms with E-state index in [9.17, 15) is 4.79 Å². The van der Waals surface area contributed by atoms with Gasteiger partial charge < -0.3 is 10.1 Å². The van der Waals surface area contributed by atoms with Crippen LogP contribution in [0.25, 0.3) is 11.1 Å². The van der Waals surface area contributed by atoms with Crippen LogP contribution in [0.3, 0.4) is 0 Å². The summed E-state index contributed by atoms with van der Waals surface area (Å²) in [7, 11) is 0. The Morgan fingerprint density at radius 2 is 1.75 bits per heavy atom. The number of hydrogen-bond donors (Lipinski definition) is 1. The van der Waals surface area contributed by atoms with Crippen LogP contribution in [0.2, 0.25) is 0 Å². The molecule has 0 spiro atoms. The minimum atomic E-state index is -0.147. The molecule has 2 heterocycles. The standard InChI is InChI=1S/C30H26N4O2/c35-30(26-8-3-9-28(18-26)36-22-24-6-4-15-31-19-24)32-20-27-7-1-2-10-29(27)25-13-11-23(12-14-25)21-34-17-5-16-33-34/h1-19H,20-22H2,(H,32,35). The maximum Gasteiger partial charge on any atom is 0.251 e. The van der Waals surface area contributed by atoms with E-state index in [1.54, 1.807) is 30.7 Å². The van der Waals surface area contributed by atoms with E-state index in [4.69, 9.17) is 4.74 Å². The van der Waals surface area contributed by atoms with Crippen molar-refractivity contribution in [3.8, 4) is 16.9 Å². The summed E-state index contributed by atoms with van der Waals surface area (Å²) in [6.07, 6.45) is 7.23. The van der Waals surface area contributed by atoms with E-state index in [2.05, 4.69) is 45.7 Å². The predicted octanol–water partition coefficient (Wildman–Crippen LogP) is 5.50. The molecule has 6 nitrogen and oxygen atoms in total. The number of hydrogen-bond acceptors (Lipinski definition) is 4. The molecule has 5 aromatic rings. The largest absolute Gasteiger partial charge is 0.489 e. The molecule has 6 heteroatoms. The van der Waals surface area contributed by atoms with Crippen LogP contribution in [0.5, 0.6) is 5.75 Å². The van der Waals surface area contributed by atoms with Crippen molar-refractivity contribution in [3.05, 3.63) is 138 Å². The van der Waals surface area contributed by atoms with Gasteiger partial charge in [-0.3, -0.25) is 14.5 Å². The van der Waals surface area contributed by atoms with Gasteiger partial charge in [0.05, 0.1) is 6.54 Å². The molecular formula is C30H26N4O2. The molecule has 0 bridgehead atoms. The summed E-state index contributed by atoms with van der Waals surface area (Å²) < 4.78 is 7.74. The first kappa shape index (κ1) is 23.1. The van der Waals surface area contributed by atoms with Crippen molar-refractivity contribution in [2.75, 3.05) is 0 Å². The number of carbonyl (C=O) groups is 1. The van der Waals surface area contributed by atoms with E-state index in [1.807, 2.05) is 59.4 Å². The summed E-state index contributed by atoms with van der Waals surface area (Å²) >= 11 is 0. The van der Waals surface area contributed by atoms with E-state index >= 15 is 0 Å². The van der Waals surface area contributed by atoms with Crippen LogP contribution in [-0.4, -0.2) is 20.7 Å². The van der Waals surface area contributed by atoms with Crippen molar-refractivity contribution in [2.45, 2.75) is 19.7 Å². The number of aromatic nitrogens is 3. The fourth-order valence-corrected chi connectivity index (χ4v) is 3.98. The fourth-order valence-electron chi connectivity index (χ4n) is 3.98. The lowest BCUT2D eigenvalue weighted by Crippen LogP contribution is -2.23. The molecule has 36 heavy (non-hydrogen) atoms. The van der Waals surface area contributed by atoms with Gasteiger partial charge >= 0.3 is 0 Å². The second-order valence-electron chi connectivity index (χ2n) is 8.42. The molecule has 0 atom stereocenters. The Morgan fingerprint density at radius 3 is 2.56 bits per heavy atom. The van der Waals surface area contributed by atoms with Gasteiger partial charge in [-0.1, -0.05) is 60.7 Å². The zero-order chi connectivity index (χ0) is 24.6. The highest BCUT2D eigenvalue weighted by molar-refractivity contribution is 5.94. The molecule has 2 aromatic heterocycles. The maximum absolute atomic E-state index is 12.9. The predicted molar refractivity (Wildman–Crippen MR) is 139 cm³/mol. The molecule has 0 saturated carbocycles. The molecule has 0 unspecified atom stereocenters. The highest BCUT2D eigenvalue weighted by atomic mass is 16.5. The number of carbonyl (C=O) groups excluding carboxylic acids is 1. The van der Waals surface area contributed by atoms with Gasteiger partial charge in [0, 0.05) is 42.5 Å². The minimum Gasteiger partial charge on any atom is -0.489 e. The van der Waals surface area contributed by atoms with Gasteiger partial charge in [-0.05, 0) is 52.6 Å². The second kappa shape index (κ2) is 11.1. The molecule has 0 aliphatic heterocycles. The summed E-state index contributed by atoms with van der Waals surface area (Å²) in [5, 5.41) is 7.32. The van der Waals surface area contributed by atoms with Gasteiger partial charge in [-0.25, -0.2) is 0 Å². The number of amides is 1.